The summed E-state index contributed by atoms with van der Waals surface area (Å²) in [5, 5.41) is 7.74. The molecule has 0 unspecified atom stereocenters. The summed E-state index contributed by atoms with van der Waals surface area (Å²) in [6.07, 6.45) is 1.19. The van der Waals surface area contributed by atoms with Gasteiger partial charge in [0.25, 0.3) is 5.91 Å². The van der Waals surface area contributed by atoms with Crippen LogP contribution in [0.3, 0.4) is 0 Å². The molecule has 10 nitrogen and oxygen atoms in total. The first-order chi connectivity index (χ1) is 14.7. The van der Waals surface area contributed by atoms with Crippen molar-refractivity contribution >= 4 is 45.6 Å². The molecule has 0 radical (unpaired) electrons. The molecular weight excluding hydrogens is 418 g/mol. The molecule has 1 saturated heterocycles. The van der Waals surface area contributed by atoms with E-state index in [1.807, 2.05) is 43.3 Å². The van der Waals surface area contributed by atoms with Crippen LogP contribution in [0, 0.1) is 0 Å². The number of para-hydroxylation sites is 2. The van der Waals surface area contributed by atoms with E-state index in [0.29, 0.717) is 36.8 Å². The maximum atomic E-state index is 12.7. The molecule has 0 bridgehead atoms. The number of carbonyl (C=O) groups excluding carboxylic acids is 3. The zero-order valence-corrected chi connectivity index (χ0v) is 18.4. The number of hydrogen-bond donors (Lipinski definition) is 4. The van der Waals surface area contributed by atoms with Crippen molar-refractivity contribution in [3.63, 3.8) is 0 Å². The second kappa shape index (κ2) is 9.31. The third kappa shape index (κ3) is 4.94. The lowest BCUT2D eigenvalue weighted by molar-refractivity contribution is -0.130. The van der Waals surface area contributed by atoms with Crippen LogP contribution < -0.4 is 27.0 Å². The first kappa shape index (κ1) is 22.5. The molecule has 1 aromatic carbocycles. The fourth-order valence-electron chi connectivity index (χ4n) is 3.69. The fourth-order valence-corrected chi connectivity index (χ4v) is 4.38. The van der Waals surface area contributed by atoms with E-state index in [9.17, 15) is 14.4 Å². The number of carbonyl (C=O) groups is 3. The summed E-state index contributed by atoms with van der Waals surface area (Å²) in [6.45, 7) is 1.21. The Morgan fingerprint density at radius 3 is 2.48 bits per heavy atom. The van der Waals surface area contributed by atoms with Gasteiger partial charge in [-0.25, -0.2) is 4.98 Å². The quantitative estimate of drug-likeness (QED) is 0.467. The van der Waals surface area contributed by atoms with Gasteiger partial charge in [0, 0.05) is 18.5 Å². The summed E-state index contributed by atoms with van der Waals surface area (Å²) in [7, 11) is 3.74. The van der Waals surface area contributed by atoms with Gasteiger partial charge in [-0.05, 0) is 39.1 Å². The predicted octanol–water partition coefficient (Wildman–Crippen LogP) is 0.679. The van der Waals surface area contributed by atoms with Gasteiger partial charge < -0.3 is 27.0 Å². The lowest BCUT2D eigenvalue weighted by Gasteiger charge is -2.44. The number of nitrogens with two attached hydrogens (primary N) is 2. The van der Waals surface area contributed by atoms with Crippen molar-refractivity contribution in [1.29, 1.82) is 0 Å². The van der Waals surface area contributed by atoms with Gasteiger partial charge in [-0.3, -0.25) is 19.3 Å². The van der Waals surface area contributed by atoms with Crippen molar-refractivity contribution in [3.05, 3.63) is 35.3 Å². The Morgan fingerprint density at radius 1 is 1.19 bits per heavy atom. The van der Waals surface area contributed by atoms with Crippen molar-refractivity contribution in [2.75, 3.05) is 49.3 Å². The molecule has 0 atom stereocenters. The molecule has 1 aromatic heterocycles. The van der Waals surface area contributed by atoms with E-state index in [4.69, 9.17) is 11.5 Å². The number of nitrogens with one attached hydrogen (secondary N) is 2. The minimum atomic E-state index is -0.663. The number of likely N-dealkylation sites (N-methyl/N-ethyl adjacent to an activating group) is 1. The number of benzene rings is 1. The normalized spacial score (nSPS) is 15.5. The zero-order chi connectivity index (χ0) is 22.6. The van der Waals surface area contributed by atoms with Gasteiger partial charge in [0.05, 0.1) is 17.9 Å². The van der Waals surface area contributed by atoms with Crippen molar-refractivity contribution < 1.29 is 14.4 Å². The number of nitrogens with zero attached hydrogens (tertiary/aromatic N) is 3. The molecule has 1 aliphatic rings. The van der Waals surface area contributed by atoms with Crippen molar-refractivity contribution in [2.45, 2.75) is 18.4 Å². The molecule has 0 saturated carbocycles. The molecule has 2 heterocycles. The van der Waals surface area contributed by atoms with Crippen LogP contribution in [0.1, 0.15) is 23.3 Å². The Morgan fingerprint density at radius 2 is 1.87 bits per heavy atom. The number of hydrogen-bond acceptors (Lipinski definition) is 8. The highest BCUT2D eigenvalue weighted by Crippen LogP contribution is 2.33. The topological polar surface area (TPSA) is 147 Å². The second-order valence-electron chi connectivity index (χ2n) is 7.61. The Kier molecular flexibility index (Phi) is 6.76. The third-order valence-electron chi connectivity index (χ3n) is 5.55. The van der Waals surface area contributed by atoms with E-state index >= 15 is 0 Å². The third-order valence-corrected chi connectivity index (χ3v) is 6.35. The highest BCUT2D eigenvalue weighted by Gasteiger charge is 2.42. The van der Waals surface area contributed by atoms with Crippen LogP contribution in [-0.2, 0) is 9.59 Å². The fraction of sp³-hybridized carbons (Fsp3) is 0.400. The van der Waals surface area contributed by atoms with E-state index in [-0.39, 0.29) is 24.1 Å². The van der Waals surface area contributed by atoms with Crippen LogP contribution >= 0.6 is 11.3 Å². The predicted molar refractivity (Wildman–Crippen MR) is 121 cm³/mol. The summed E-state index contributed by atoms with van der Waals surface area (Å²) in [4.78, 5) is 43.9. The molecule has 6 N–H and O–H groups in total. The summed E-state index contributed by atoms with van der Waals surface area (Å²) < 4.78 is 0. The van der Waals surface area contributed by atoms with E-state index in [0.717, 1.165) is 5.69 Å². The number of amides is 3. The van der Waals surface area contributed by atoms with Crippen LogP contribution in [0.25, 0.3) is 0 Å². The van der Waals surface area contributed by atoms with Gasteiger partial charge in [-0.2, -0.15) is 0 Å². The molecule has 3 rings (SSSR count). The Hall–Kier alpha value is -3.18. The van der Waals surface area contributed by atoms with E-state index in [2.05, 4.69) is 20.5 Å². The first-order valence-corrected chi connectivity index (χ1v) is 10.7. The largest absolute Gasteiger partial charge is 0.370 e. The molecule has 11 heteroatoms. The van der Waals surface area contributed by atoms with Crippen LogP contribution in [0.5, 0.6) is 0 Å². The van der Waals surface area contributed by atoms with E-state index in [1.165, 1.54) is 11.3 Å². The van der Waals surface area contributed by atoms with Crippen LogP contribution in [0.2, 0.25) is 0 Å². The molecule has 31 heavy (non-hydrogen) atoms. The number of aromatic nitrogens is 1. The number of thiazole rings is 1. The van der Waals surface area contributed by atoms with Gasteiger partial charge >= 0.3 is 0 Å². The molecule has 1 aliphatic heterocycles. The number of primary amides is 2. The Labute approximate surface area is 184 Å². The molecule has 0 aliphatic carbocycles. The Balaban J connectivity index is 1.71. The van der Waals surface area contributed by atoms with Crippen LogP contribution in [0.15, 0.2) is 29.6 Å². The number of rotatable bonds is 8. The van der Waals surface area contributed by atoms with Gasteiger partial charge in [-0.15, -0.1) is 11.3 Å². The van der Waals surface area contributed by atoms with Gasteiger partial charge in [0.15, 0.2) is 5.13 Å². The van der Waals surface area contributed by atoms with Crippen molar-refractivity contribution in [2.24, 2.45) is 11.5 Å². The lowest BCUT2D eigenvalue weighted by Crippen LogP contribution is -2.60. The molecule has 1 fully saturated rings. The van der Waals surface area contributed by atoms with Gasteiger partial charge in [0.2, 0.25) is 11.8 Å². The first-order valence-electron chi connectivity index (χ1n) is 9.83. The minimum absolute atomic E-state index is 0.0495. The minimum Gasteiger partial charge on any atom is -0.370 e. The number of anilines is 3. The molecule has 0 spiro atoms. The monoisotopic (exact) mass is 445 g/mol. The SMILES string of the molecule is CN(C)C1(C(N)=O)CCN(c2ccccc2NC(=O)c2csc(NCC(N)=O)n2)CC1. The van der Waals surface area contributed by atoms with Gasteiger partial charge in [0.1, 0.15) is 11.2 Å². The summed E-state index contributed by atoms with van der Waals surface area (Å²) in [5.74, 6) is -1.18. The summed E-state index contributed by atoms with van der Waals surface area (Å²) >= 11 is 1.22. The second-order valence-corrected chi connectivity index (χ2v) is 8.46. The molecular formula is C20H27N7O3S. The summed E-state index contributed by atoms with van der Waals surface area (Å²) in [6, 6.07) is 7.51. The van der Waals surface area contributed by atoms with E-state index < -0.39 is 11.4 Å². The van der Waals surface area contributed by atoms with Crippen molar-refractivity contribution in [1.82, 2.24) is 9.88 Å². The lowest BCUT2D eigenvalue weighted by atomic mass is 9.85. The molecule has 2 aromatic rings. The zero-order valence-electron chi connectivity index (χ0n) is 17.6. The van der Waals surface area contributed by atoms with Crippen LogP contribution in [0.4, 0.5) is 16.5 Å². The number of piperidine rings is 1. The van der Waals surface area contributed by atoms with E-state index in [1.54, 1.807) is 5.38 Å². The summed E-state index contributed by atoms with van der Waals surface area (Å²) in [5.41, 5.74) is 11.9. The average molecular weight is 446 g/mol. The van der Waals surface area contributed by atoms with Crippen molar-refractivity contribution in [3.8, 4) is 0 Å². The van der Waals surface area contributed by atoms with Crippen LogP contribution in [-0.4, -0.2) is 66.9 Å². The molecule has 3 amide bonds. The maximum absolute atomic E-state index is 12.7. The average Bonchev–Trinajstić information content (AvgIpc) is 3.22. The molecule has 166 valence electrons. The Bertz CT molecular complexity index is 967. The highest BCUT2D eigenvalue weighted by atomic mass is 32.1. The standard InChI is InChI=1S/C20H27N7O3S/c1-26(2)20(18(22)30)7-9-27(10-8-20)15-6-4-3-5-13(15)24-17(29)14-12-31-19(25-14)23-11-16(21)28/h3-6,12H,7-11H2,1-2H3,(H2,21,28)(H2,22,30)(H,23,25)(H,24,29). The van der Waals surface area contributed by atoms with Gasteiger partial charge in [-0.1, -0.05) is 12.1 Å². The highest BCUT2D eigenvalue weighted by molar-refractivity contribution is 7.13. The smallest absolute Gasteiger partial charge is 0.275 e. The maximum Gasteiger partial charge on any atom is 0.275 e.